The van der Waals surface area contributed by atoms with Gasteiger partial charge in [-0.3, -0.25) is 0 Å². The van der Waals surface area contributed by atoms with E-state index in [0.29, 0.717) is 0 Å². The molecule has 2 heteroatoms. The van der Waals surface area contributed by atoms with Gasteiger partial charge in [0.2, 0.25) is 0 Å². The Balaban J connectivity index is 2.02. The molecule has 0 aliphatic heterocycles. The van der Waals surface area contributed by atoms with Crippen LogP contribution in [0.5, 0.6) is 0 Å². The molecule has 108 valence electrons. The molecule has 0 bridgehead atoms. The van der Waals surface area contributed by atoms with E-state index < -0.39 is 0 Å². The number of aryl methyl sites for hydroxylation is 1. The minimum Gasteiger partial charge on any atom is -0.149 e. The van der Waals surface area contributed by atoms with Crippen molar-refractivity contribution in [1.29, 1.82) is 0 Å². The Labute approximate surface area is 127 Å². The van der Waals surface area contributed by atoms with E-state index in [1.807, 2.05) is 37.3 Å². The van der Waals surface area contributed by atoms with Crippen molar-refractivity contribution >= 4 is 0 Å². The lowest BCUT2D eigenvalue weighted by Crippen LogP contribution is -1.94. The Morgan fingerprint density at radius 1 is 1.00 bits per heavy atom. The van der Waals surface area contributed by atoms with Crippen LogP contribution in [0.25, 0.3) is 11.3 Å². The van der Waals surface area contributed by atoms with Gasteiger partial charge in [-0.25, -0.2) is 0 Å². The first-order chi connectivity index (χ1) is 10.3. The lowest BCUT2D eigenvalue weighted by Gasteiger charge is -2.02. The highest BCUT2D eigenvalue weighted by Crippen LogP contribution is 2.17. The summed E-state index contributed by atoms with van der Waals surface area (Å²) < 4.78 is 0. The first-order valence-corrected chi connectivity index (χ1v) is 7.70. The van der Waals surface area contributed by atoms with Gasteiger partial charge in [0.1, 0.15) is 5.69 Å². The molecule has 0 N–H and O–H groups in total. The average Bonchev–Trinajstić information content (AvgIpc) is 2.53. The summed E-state index contributed by atoms with van der Waals surface area (Å²) in [6.07, 6.45) is 5.95. The average molecular weight is 278 g/mol. The van der Waals surface area contributed by atoms with Crippen molar-refractivity contribution in [1.82, 2.24) is 10.2 Å². The molecule has 21 heavy (non-hydrogen) atoms. The minimum absolute atomic E-state index is 0.796. The minimum atomic E-state index is 0.796. The summed E-state index contributed by atoms with van der Waals surface area (Å²) in [5.74, 6) is 6.35. The maximum atomic E-state index is 4.29. The first-order valence-electron chi connectivity index (χ1n) is 7.70. The highest BCUT2D eigenvalue weighted by molar-refractivity contribution is 5.59. The van der Waals surface area contributed by atoms with E-state index in [4.69, 9.17) is 0 Å². The van der Waals surface area contributed by atoms with Crippen LogP contribution in [0.3, 0.4) is 0 Å². The number of nitrogens with zero attached hydrogens (tertiary/aromatic N) is 2. The standard InChI is InChI=1S/C19H22N2/c1-3-4-5-6-7-11-14-18-16(2)15-19(21-20-18)17-12-9-8-10-13-17/h8-10,12-13,15H,3-7H2,1-2H3. The fraction of sp³-hybridized carbons (Fsp3) is 0.368. The second kappa shape index (κ2) is 8.21. The number of unbranched alkanes of at least 4 members (excludes halogenated alkanes) is 4. The molecule has 0 amide bonds. The quantitative estimate of drug-likeness (QED) is 0.581. The van der Waals surface area contributed by atoms with E-state index in [-0.39, 0.29) is 0 Å². The Morgan fingerprint density at radius 2 is 1.81 bits per heavy atom. The molecule has 0 spiro atoms. The van der Waals surface area contributed by atoms with Crippen LogP contribution in [0.2, 0.25) is 0 Å². The highest BCUT2D eigenvalue weighted by Gasteiger charge is 2.03. The molecule has 0 atom stereocenters. The fourth-order valence-corrected chi connectivity index (χ4v) is 2.14. The van der Waals surface area contributed by atoms with Crippen molar-refractivity contribution in [2.24, 2.45) is 0 Å². The summed E-state index contributed by atoms with van der Waals surface area (Å²) >= 11 is 0. The third-order valence-corrected chi connectivity index (χ3v) is 3.42. The van der Waals surface area contributed by atoms with E-state index in [0.717, 1.165) is 28.9 Å². The molecule has 0 unspecified atom stereocenters. The van der Waals surface area contributed by atoms with Gasteiger partial charge in [0.25, 0.3) is 0 Å². The normalized spacial score (nSPS) is 10.0. The zero-order valence-electron chi connectivity index (χ0n) is 12.9. The molecule has 2 rings (SSSR count). The topological polar surface area (TPSA) is 25.8 Å². The predicted molar refractivity (Wildman–Crippen MR) is 87.8 cm³/mol. The van der Waals surface area contributed by atoms with Crippen molar-refractivity contribution in [3.8, 4) is 23.1 Å². The van der Waals surface area contributed by atoms with Crippen molar-refractivity contribution in [2.45, 2.75) is 46.0 Å². The SMILES string of the molecule is CCCCCCC#Cc1nnc(-c2ccccc2)cc1C. The zero-order chi connectivity index (χ0) is 14.9. The maximum absolute atomic E-state index is 4.29. The molecule has 0 aliphatic rings. The smallest absolute Gasteiger partial charge is 0.138 e. The lowest BCUT2D eigenvalue weighted by molar-refractivity contribution is 0.679. The first kappa shape index (κ1) is 15.3. The highest BCUT2D eigenvalue weighted by atomic mass is 15.1. The number of hydrogen-bond acceptors (Lipinski definition) is 2. The second-order valence-electron chi connectivity index (χ2n) is 5.24. The van der Waals surface area contributed by atoms with Crippen molar-refractivity contribution in [2.75, 3.05) is 0 Å². The van der Waals surface area contributed by atoms with Crippen LogP contribution < -0.4 is 0 Å². The van der Waals surface area contributed by atoms with E-state index in [2.05, 4.69) is 35.0 Å². The van der Waals surface area contributed by atoms with Gasteiger partial charge in [0.15, 0.2) is 0 Å². The molecule has 2 nitrogen and oxygen atoms in total. The summed E-state index contributed by atoms with van der Waals surface area (Å²) in [4.78, 5) is 0. The van der Waals surface area contributed by atoms with Crippen molar-refractivity contribution in [3.05, 3.63) is 47.7 Å². The zero-order valence-corrected chi connectivity index (χ0v) is 12.9. The van der Waals surface area contributed by atoms with E-state index >= 15 is 0 Å². The Kier molecular flexibility index (Phi) is 5.97. The van der Waals surface area contributed by atoms with Gasteiger partial charge in [-0.2, -0.15) is 0 Å². The Morgan fingerprint density at radius 3 is 2.52 bits per heavy atom. The lowest BCUT2D eigenvalue weighted by atomic mass is 10.1. The van der Waals surface area contributed by atoms with E-state index in [1.54, 1.807) is 0 Å². The van der Waals surface area contributed by atoms with Crippen LogP contribution in [-0.2, 0) is 0 Å². The summed E-state index contributed by atoms with van der Waals surface area (Å²) in [5.41, 5.74) is 3.88. The predicted octanol–water partition coefficient (Wildman–Crippen LogP) is 4.77. The van der Waals surface area contributed by atoms with Crippen molar-refractivity contribution in [3.63, 3.8) is 0 Å². The molecule has 1 aromatic carbocycles. The molecule has 1 heterocycles. The largest absolute Gasteiger partial charge is 0.149 e. The number of benzene rings is 1. The maximum Gasteiger partial charge on any atom is 0.138 e. The molecule has 1 aromatic heterocycles. The van der Waals surface area contributed by atoms with Gasteiger partial charge >= 0.3 is 0 Å². The number of aromatic nitrogens is 2. The molecule has 0 fully saturated rings. The van der Waals surface area contributed by atoms with Crippen LogP contribution in [0, 0.1) is 18.8 Å². The molecule has 0 radical (unpaired) electrons. The number of rotatable bonds is 5. The third-order valence-electron chi connectivity index (χ3n) is 3.42. The number of hydrogen-bond donors (Lipinski definition) is 0. The summed E-state index contributed by atoms with van der Waals surface area (Å²) in [6, 6.07) is 12.2. The molecular weight excluding hydrogens is 256 g/mol. The van der Waals surface area contributed by atoms with Gasteiger partial charge in [-0.15, -0.1) is 10.2 Å². The van der Waals surface area contributed by atoms with E-state index in [9.17, 15) is 0 Å². The van der Waals surface area contributed by atoms with Crippen LogP contribution in [0.15, 0.2) is 36.4 Å². The Bertz CT molecular complexity index is 621. The van der Waals surface area contributed by atoms with Gasteiger partial charge in [-0.05, 0) is 30.9 Å². The van der Waals surface area contributed by atoms with Gasteiger partial charge in [-0.1, -0.05) is 62.4 Å². The van der Waals surface area contributed by atoms with Crippen molar-refractivity contribution < 1.29 is 0 Å². The van der Waals surface area contributed by atoms with E-state index in [1.165, 1.54) is 25.7 Å². The summed E-state index contributed by atoms with van der Waals surface area (Å²) in [5, 5.41) is 8.55. The fourth-order valence-electron chi connectivity index (χ4n) is 2.14. The second-order valence-corrected chi connectivity index (χ2v) is 5.24. The van der Waals surface area contributed by atoms with Gasteiger partial charge in [0.05, 0.1) is 5.69 Å². The van der Waals surface area contributed by atoms with Gasteiger partial charge < -0.3 is 0 Å². The van der Waals surface area contributed by atoms with Gasteiger partial charge in [0, 0.05) is 12.0 Å². The summed E-state index contributed by atoms with van der Waals surface area (Å²) in [6.45, 7) is 4.27. The van der Waals surface area contributed by atoms with Crippen LogP contribution in [0.1, 0.15) is 50.3 Å². The summed E-state index contributed by atoms with van der Waals surface area (Å²) in [7, 11) is 0. The van der Waals surface area contributed by atoms with Crippen LogP contribution in [0.4, 0.5) is 0 Å². The van der Waals surface area contributed by atoms with Crippen LogP contribution in [-0.4, -0.2) is 10.2 Å². The molecule has 0 aliphatic carbocycles. The Hall–Kier alpha value is -2.14. The molecular formula is C19H22N2. The molecule has 0 saturated carbocycles. The van der Waals surface area contributed by atoms with Crippen LogP contribution >= 0.6 is 0 Å². The monoisotopic (exact) mass is 278 g/mol. The molecule has 2 aromatic rings. The molecule has 0 saturated heterocycles. The third kappa shape index (κ3) is 4.72.